The standard InChI is InChI=1S/C17H21FN2O2/c1-5-17(3,4)22-16(21)14-15(18)19-11-20(14)12(2)13-9-7-6-8-10-13/h6-12H,5H2,1-4H3/t12-/m1/s1. The number of esters is 1. The van der Waals surface area contributed by atoms with Crippen LogP contribution < -0.4 is 0 Å². The summed E-state index contributed by atoms with van der Waals surface area (Å²) in [6, 6.07) is 9.34. The summed E-state index contributed by atoms with van der Waals surface area (Å²) in [6.07, 6.45) is 1.98. The molecule has 0 N–H and O–H groups in total. The molecule has 0 spiro atoms. The number of aromatic nitrogens is 2. The third kappa shape index (κ3) is 3.35. The average molecular weight is 304 g/mol. The van der Waals surface area contributed by atoms with Crippen molar-refractivity contribution in [1.82, 2.24) is 9.55 Å². The fourth-order valence-corrected chi connectivity index (χ4v) is 2.09. The van der Waals surface area contributed by atoms with Crippen LogP contribution in [0.5, 0.6) is 0 Å². The van der Waals surface area contributed by atoms with Crippen LogP contribution in [0.3, 0.4) is 0 Å². The first kappa shape index (κ1) is 16.2. The molecule has 0 aliphatic heterocycles. The zero-order valence-corrected chi connectivity index (χ0v) is 13.3. The monoisotopic (exact) mass is 304 g/mol. The highest BCUT2D eigenvalue weighted by atomic mass is 19.1. The number of hydrogen-bond donors (Lipinski definition) is 0. The molecule has 4 nitrogen and oxygen atoms in total. The smallest absolute Gasteiger partial charge is 0.360 e. The molecule has 118 valence electrons. The lowest BCUT2D eigenvalue weighted by atomic mass is 10.1. The predicted molar refractivity (Wildman–Crippen MR) is 82.2 cm³/mol. The van der Waals surface area contributed by atoms with Crippen molar-refractivity contribution >= 4 is 5.97 Å². The second kappa shape index (κ2) is 6.30. The van der Waals surface area contributed by atoms with Gasteiger partial charge in [0.25, 0.3) is 0 Å². The fourth-order valence-electron chi connectivity index (χ4n) is 2.09. The number of carbonyl (C=O) groups excluding carboxylic acids is 1. The Morgan fingerprint density at radius 3 is 2.59 bits per heavy atom. The molecule has 0 aliphatic carbocycles. The number of halogens is 1. The molecule has 0 amide bonds. The zero-order valence-electron chi connectivity index (χ0n) is 13.3. The molecular formula is C17H21FN2O2. The quantitative estimate of drug-likeness (QED) is 0.785. The van der Waals surface area contributed by atoms with Gasteiger partial charge in [-0.05, 0) is 32.8 Å². The first-order valence-corrected chi connectivity index (χ1v) is 7.36. The van der Waals surface area contributed by atoms with Crippen molar-refractivity contribution in [3.05, 3.63) is 53.9 Å². The van der Waals surface area contributed by atoms with E-state index in [9.17, 15) is 9.18 Å². The second-order valence-corrected chi connectivity index (χ2v) is 5.88. The van der Waals surface area contributed by atoms with Crippen LogP contribution in [0.25, 0.3) is 0 Å². The van der Waals surface area contributed by atoms with Gasteiger partial charge in [-0.25, -0.2) is 9.78 Å². The predicted octanol–water partition coefficient (Wildman–Crippen LogP) is 3.98. The Kier molecular flexibility index (Phi) is 4.64. The average Bonchev–Trinajstić information content (AvgIpc) is 2.89. The van der Waals surface area contributed by atoms with E-state index in [1.165, 1.54) is 10.9 Å². The lowest BCUT2D eigenvalue weighted by Gasteiger charge is -2.24. The molecule has 5 heteroatoms. The molecule has 0 bridgehead atoms. The number of imidazole rings is 1. The van der Waals surface area contributed by atoms with E-state index in [0.717, 1.165) is 5.56 Å². The van der Waals surface area contributed by atoms with Gasteiger partial charge in [0.05, 0.1) is 12.4 Å². The molecule has 0 saturated carbocycles. The Hall–Kier alpha value is -2.17. The number of hydrogen-bond acceptors (Lipinski definition) is 3. The molecule has 22 heavy (non-hydrogen) atoms. The van der Waals surface area contributed by atoms with Crippen LogP contribution in [-0.4, -0.2) is 21.1 Å². The van der Waals surface area contributed by atoms with Crippen molar-refractivity contribution < 1.29 is 13.9 Å². The molecule has 0 radical (unpaired) electrons. The van der Waals surface area contributed by atoms with Crippen LogP contribution in [-0.2, 0) is 4.74 Å². The van der Waals surface area contributed by atoms with E-state index < -0.39 is 17.5 Å². The van der Waals surface area contributed by atoms with Gasteiger partial charge in [-0.2, -0.15) is 4.39 Å². The molecule has 2 rings (SSSR count). The highest BCUT2D eigenvalue weighted by Gasteiger charge is 2.28. The third-order valence-corrected chi connectivity index (χ3v) is 3.86. The van der Waals surface area contributed by atoms with E-state index in [2.05, 4.69) is 4.98 Å². The minimum Gasteiger partial charge on any atom is -0.455 e. The Labute approximate surface area is 129 Å². The summed E-state index contributed by atoms with van der Waals surface area (Å²) in [5.74, 6) is -1.50. The van der Waals surface area contributed by atoms with Crippen LogP contribution in [0.2, 0.25) is 0 Å². The summed E-state index contributed by atoms with van der Waals surface area (Å²) in [5.41, 5.74) is 0.177. The molecule has 0 aliphatic rings. The second-order valence-electron chi connectivity index (χ2n) is 5.88. The molecule has 2 aromatic rings. The van der Waals surface area contributed by atoms with E-state index >= 15 is 0 Å². The number of carbonyl (C=O) groups is 1. The Bertz CT molecular complexity index is 650. The first-order valence-electron chi connectivity index (χ1n) is 7.36. The topological polar surface area (TPSA) is 44.1 Å². The number of benzene rings is 1. The minimum atomic E-state index is -0.806. The van der Waals surface area contributed by atoms with Crippen molar-refractivity contribution in [2.24, 2.45) is 0 Å². The van der Waals surface area contributed by atoms with Gasteiger partial charge in [-0.1, -0.05) is 37.3 Å². The molecule has 1 atom stereocenters. The number of rotatable bonds is 5. The maximum Gasteiger partial charge on any atom is 0.360 e. The lowest BCUT2D eigenvalue weighted by Crippen LogP contribution is -2.29. The highest BCUT2D eigenvalue weighted by molar-refractivity contribution is 5.88. The van der Waals surface area contributed by atoms with Gasteiger partial charge < -0.3 is 9.30 Å². The van der Waals surface area contributed by atoms with Gasteiger partial charge in [0.15, 0.2) is 5.69 Å². The van der Waals surface area contributed by atoms with E-state index in [0.29, 0.717) is 6.42 Å². The van der Waals surface area contributed by atoms with E-state index in [1.54, 1.807) is 13.8 Å². The third-order valence-electron chi connectivity index (χ3n) is 3.86. The molecule has 1 aromatic heterocycles. The highest BCUT2D eigenvalue weighted by Crippen LogP contribution is 2.23. The number of nitrogens with zero attached hydrogens (tertiary/aromatic N) is 2. The maximum atomic E-state index is 14.0. The van der Waals surface area contributed by atoms with Crippen molar-refractivity contribution in [2.45, 2.75) is 45.8 Å². The van der Waals surface area contributed by atoms with E-state index in [1.807, 2.05) is 44.2 Å². The molecule has 1 aromatic carbocycles. The maximum absolute atomic E-state index is 14.0. The molecule has 1 heterocycles. The van der Waals surface area contributed by atoms with Gasteiger partial charge in [-0.15, -0.1) is 0 Å². The zero-order chi connectivity index (χ0) is 16.3. The Morgan fingerprint density at radius 1 is 1.36 bits per heavy atom. The van der Waals surface area contributed by atoms with Crippen LogP contribution in [0.15, 0.2) is 36.7 Å². The van der Waals surface area contributed by atoms with Crippen LogP contribution >= 0.6 is 0 Å². The minimum absolute atomic E-state index is 0.141. The van der Waals surface area contributed by atoms with Gasteiger partial charge in [0.1, 0.15) is 5.60 Å². The largest absolute Gasteiger partial charge is 0.455 e. The van der Waals surface area contributed by atoms with Gasteiger partial charge in [0, 0.05) is 0 Å². The van der Waals surface area contributed by atoms with Crippen LogP contribution in [0.1, 0.15) is 56.2 Å². The van der Waals surface area contributed by atoms with Crippen molar-refractivity contribution in [3.8, 4) is 0 Å². The Morgan fingerprint density at radius 2 is 2.00 bits per heavy atom. The number of ether oxygens (including phenoxy) is 1. The molecular weight excluding hydrogens is 283 g/mol. The van der Waals surface area contributed by atoms with Gasteiger partial charge >= 0.3 is 5.97 Å². The fraction of sp³-hybridized carbons (Fsp3) is 0.412. The van der Waals surface area contributed by atoms with Crippen molar-refractivity contribution in [3.63, 3.8) is 0 Å². The van der Waals surface area contributed by atoms with Crippen molar-refractivity contribution in [2.75, 3.05) is 0 Å². The lowest BCUT2D eigenvalue weighted by molar-refractivity contribution is -0.00418. The molecule has 0 saturated heterocycles. The summed E-state index contributed by atoms with van der Waals surface area (Å²) in [4.78, 5) is 16.0. The Balaban J connectivity index is 2.34. The van der Waals surface area contributed by atoms with Crippen LogP contribution in [0.4, 0.5) is 4.39 Å². The van der Waals surface area contributed by atoms with E-state index in [4.69, 9.17) is 4.74 Å². The van der Waals surface area contributed by atoms with Gasteiger partial charge in [-0.3, -0.25) is 0 Å². The normalized spacial score (nSPS) is 13.0. The molecule has 0 unspecified atom stereocenters. The summed E-state index contributed by atoms with van der Waals surface area (Å²) < 4.78 is 20.9. The summed E-state index contributed by atoms with van der Waals surface area (Å²) in [5, 5.41) is 0. The first-order chi connectivity index (χ1) is 10.4. The SMILES string of the molecule is CCC(C)(C)OC(=O)c1c(F)ncn1[C@H](C)c1ccccc1. The summed E-state index contributed by atoms with van der Waals surface area (Å²) in [7, 11) is 0. The summed E-state index contributed by atoms with van der Waals surface area (Å²) >= 11 is 0. The van der Waals surface area contributed by atoms with Crippen LogP contribution in [0, 0.1) is 5.95 Å². The van der Waals surface area contributed by atoms with Crippen molar-refractivity contribution in [1.29, 1.82) is 0 Å². The molecule has 0 fully saturated rings. The van der Waals surface area contributed by atoms with Gasteiger partial charge in [0.2, 0.25) is 5.95 Å². The summed E-state index contributed by atoms with van der Waals surface area (Å²) in [6.45, 7) is 7.39. The van der Waals surface area contributed by atoms with E-state index in [-0.39, 0.29) is 11.7 Å².